The minimum atomic E-state index is -0.291. The average Bonchev–Trinajstić information content (AvgIpc) is 3.05. The summed E-state index contributed by atoms with van der Waals surface area (Å²) in [4.78, 5) is 30.8. The normalized spacial score (nSPS) is 15.7. The van der Waals surface area contributed by atoms with Crippen LogP contribution in [0.25, 0.3) is 11.0 Å². The first-order chi connectivity index (χ1) is 13.0. The van der Waals surface area contributed by atoms with Gasteiger partial charge in [0.2, 0.25) is 5.91 Å². The van der Waals surface area contributed by atoms with Crippen molar-refractivity contribution in [3.05, 3.63) is 47.1 Å². The number of para-hydroxylation sites is 2. The summed E-state index contributed by atoms with van der Waals surface area (Å²) in [5.74, 6) is 1.15. The highest BCUT2D eigenvalue weighted by Crippen LogP contribution is 2.30. The van der Waals surface area contributed by atoms with Crippen molar-refractivity contribution in [3.63, 3.8) is 0 Å². The van der Waals surface area contributed by atoms with E-state index in [0.29, 0.717) is 35.7 Å². The zero-order valence-electron chi connectivity index (χ0n) is 15.0. The molecule has 0 bridgehead atoms. The number of carbonyl (C=O) groups is 1. The van der Waals surface area contributed by atoms with E-state index < -0.39 is 0 Å². The SMILES string of the molecule is CN(CC1COc2ccccc2O1)C(=O)Cn1cnc2c(cnn2C)c1=O. The third-order valence-electron chi connectivity index (χ3n) is 4.49. The summed E-state index contributed by atoms with van der Waals surface area (Å²) in [5.41, 5.74) is 0.199. The quantitative estimate of drug-likeness (QED) is 0.662. The van der Waals surface area contributed by atoms with E-state index in [2.05, 4.69) is 10.1 Å². The number of hydrogen-bond donors (Lipinski definition) is 0. The Morgan fingerprint density at radius 2 is 2.11 bits per heavy atom. The fourth-order valence-corrected chi connectivity index (χ4v) is 3.01. The smallest absolute Gasteiger partial charge is 0.264 e. The summed E-state index contributed by atoms with van der Waals surface area (Å²) >= 11 is 0. The van der Waals surface area contributed by atoms with Gasteiger partial charge in [0.05, 0.1) is 12.7 Å². The fourth-order valence-electron chi connectivity index (χ4n) is 3.01. The Labute approximate surface area is 154 Å². The van der Waals surface area contributed by atoms with Crippen LogP contribution in [0.5, 0.6) is 11.5 Å². The molecule has 3 aromatic rings. The predicted molar refractivity (Wildman–Crippen MR) is 96.8 cm³/mol. The fraction of sp³-hybridized carbons (Fsp3) is 0.333. The molecule has 3 heterocycles. The summed E-state index contributed by atoms with van der Waals surface area (Å²) in [6.07, 6.45) is 2.55. The van der Waals surface area contributed by atoms with Gasteiger partial charge in [-0.2, -0.15) is 5.10 Å². The molecule has 1 aliphatic heterocycles. The second kappa shape index (κ2) is 6.75. The molecule has 0 fully saturated rings. The van der Waals surface area contributed by atoms with Gasteiger partial charge in [0.25, 0.3) is 5.56 Å². The Morgan fingerprint density at radius 1 is 1.33 bits per heavy atom. The average molecular weight is 369 g/mol. The number of rotatable bonds is 4. The predicted octanol–water partition coefficient (Wildman–Crippen LogP) is 0.428. The molecular formula is C18H19N5O4. The van der Waals surface area contributed by atoms with Crippen LogP contribution < -0.4 is 15.0 Å². The molecule has 27 heavy (non-hydrogen) atoms. The van der Waals surface area contributed by atoms with Crippen molar-refractivity contribution < 1.29 is 14.3 Å². The summed E-state index contributed by atoms with van der Waals surface area (Å²) in [5, 5.41) is 4.41. The van der Waals surface area contributed by atoms with Gasteiger partial charge >= 0.3 is 0 Å². The molecular weight excluding hydrogens is 350 g/mol. The van der Waals surface area contributed by atoms with Crippen molar-refractivity contribution in [2.75, 3.05) is 20.2 Å². The number of likely N-dealkylation sites (N-methyl/N-ethyl adjacent to an activating group) is 1. The second-order valence-electron chi connectivity index (χ2n) is 6.45. The van der Waals surface area contributed by atoms with Gasteiger partial charge in [0.1, 0.15) is 24.9 Å². The van der Waals surface area contributed by atoms with Crippen molar-refractivity contribution in [1.82, 2.24) is 24.2 Å². The van der Waals surface area contributed by atoms with Gasteiger partial charge in [-0.05, 0) is 12.1 Å². The number of hydrogen-bond acceptors (Lipinski definition) is 6. The number of ether oxygens (including phenoxy) is 2. The van der Waals surface area contributed by atoms with Crippen LogP contribution in [0.4, 0.5) is 0 Å². The minimum absolute atomic E-state index is 0.0999. The first kappa shape index (κ1) is 17.1. The lowest BCUT2D eigenvalue weighted by molar-refractivity contribution is -0.132. The molecule has 1 atom stereocenters. The number of amides is 1. The molecule has 140 valence electrons. The molecule has 1 unspecified atom stereocenters. The lowest BCUT2D eigenvalue weighted by Crippen LogP contribution is -2.43. The summed E-state index contributed by atoms with van der Waals surface area (Å²) in [6, 6.07) is 7.42. The Balaban J connectivity index is 1.43. The van der Waals surface area contributed by atoms with Crippen molar-refractivity contribution in [2.24, 2.45) is 7.05 Å². The monoisotopic (exact) mass is 369 g/mol. The lowest BCUT2D eigenvalue weighted by atomic mass is 10.2. The molecule has 1 aromatic carbocycles. The number of nitrogens with zero attached hydrogens (tertiary/aromatic N) is 5. The number of aromatic nitrogens is 4. The molecule has 0 radical (unpaired) electrons. The molecule has 0 saturated carbocycles. The van der Waals surface area contributed by atoms with Gasteiger partial charge in [-0.25, -0.2) is 4.98 Å². The maximum absolute atomic E-state index is 12.5. The highest BCUT2D eigenvalue weighted by molar-refractivity contribution is 5.77. The van der Waals surface area contributed by atoms with E-state index in [1.54, 1.807) is 14.1 Å². The minimum Gasteiger partial charge on any atom is -0.486 e. The zero-order chi connectivity index (χ0) is 19.0. The van der Waals surface area contributed by atoms with Crippen LogP contribution in [0.3, 0.4) is 0 Å². The van der Waals surface area contributed by atoms with Crippen LogP contribution in [-0.4, -0.2) is 56.4 Å². The Kier molecular flexibility index (Phi) is 4.27. The Morgan fingerprint density at radius 3 is 2.93 bits per heavy atom. The van der Waals surface area contributed by atoms with Crippen LogP contribution >= 0.6 is 0 Å². The summed E-state index contributed by atoms with van der Waals surface area (Å²) in [7, 11) is 3.38. The maximum Gasteiger partial charge on any atom is 0.264 e. The van der Waals surface area contributed by atoms with Crippen molar-refractivity contribution in [3.8, 4) is 11.5 Å². The molecule has 4 rings (SSSR count). The number of carbonyl (C=O) groups excluding carboxylic acids is 1. The van der Waals surface area contributed by atoms with Gasteiger partial charge in [-0.3, -0.25) is 18.8 Å². The van der Waals surface area contributed by atoms with Gasteiger partial charge in [0.15, 0.2) is 23.3 Å². The van der Waals surface area contributed by atoms with E-state index in [9.17, 15) is 9.59 Å². The van der Waals surface area contributed by atoms with E-state index in [1.807, 2.05) is 24.3 Å². The highest BCUT2D eigenvalue weighted by Gasteiger charge is 2.24. The van der Waals surface area contributed by atoms with E-state index >= 15 is 0 Å². The highest BCUT2D eigenvalue weighted by atomic mass is 16.6. The van der Waals surface area contributed by atoms with Crippen molar-refractivity contribution >= 4 is 16.9 Å². The molecule has 0 aliphatic carbocycles. The maximum atomic E-state index is 12.5. The van der Waals surface area contributed by atoms with E-state index in [4.69, 9.17) is 9.47 Å². The van der Waals surface area contributed by atoms with Gasteiger partial charge in [0, 0.05) is 14.1 Å². The second-order valence-corrected chi connectivity index (χ2v) is 6.45. The van der Waals surface area contributed by atoms with Crippen LogP contribution in [0.15, 0.2) is 41.6 Å². The molecule has 0 saturated heterocycles. The van der Waals surface area contributed by atoms with Crippen LogP contribution in [0, 0.1) is 0 Å². The third kappa shape index (κ3) is 3.23. The van der Waals surface area contributed by atoms with Crippen LogP contribution in [0.1, 0.15) is 0 Å². The Bertz CT molecular complexity index is 1060. The molecule has 0 spiro atoms. The standard InChI is InChI=1S/C18H19N5O4/c1-21(8-12-10-26-14-5-3-4-6-15(14)27-12)16(24)9-23-11-19-17-13(18(23)25)7-20-22(17)2/h3-7,11-12H,8-10H2,1-2H3. The Hall–Kier alpha value is -3.36. The van der Waals surface area contributed by atoms with Crippen LogP contribution in [-0.2, 0) is 18.4 Å². The summed E-state index contributed by atoms with van der Waals surface area (Å²) < 4.78 is 14.4. The van der Waals surface area contributed by atoms with Gasteiger partial charge in [-0.15, -0.1) is 0 Å². The van der Waals surface area contributed by atoms with Gasteiger partial charge in [-0.1, -0.05) is 12.1 Å². The topological polar surface area (TPSA) is 91.5 Å². The largest absolute Gasteiger partial charge is 0.486 e. The first-order valence-electron chi connectivity index (χ1n) is 8.52. The molecule has 1 amide bonds. The molecule has 9 heteroatoms. The van der Waals surface area contributed by atoms with E-state index in [0.717, 1.165) is 0 Å². The van der Waals surface area contributed by atoms with Crippen LogP contribution in [0.2, 0.25) is 0 Å². The van der Waals surface area contributed by atoms with Gasteiger partial charge < -0.3 is 14.4 Å². The lowest BCUT2D eigenvalue weighted by Gasteiger charge is -2.29. The molecule has 9 nitrogen and oxygen atoms in total. The number of aryl methyl sites for hydroxylation is 1. The van der Waals surface area contributed by atoms with E-state index in [-0.39, 0.29) is 24.1 Å². The van der Waals surface area contributed by atoms with Crippen molar-refractivity contribution in [2.45, 2.75) is 12.6 Å². The molecule has 0 N–H and O–H groups in total. The van der Waals surface area contributed by atoms with Crippen molar-refractivity contribution in [1.29, 1.82) is 0 Å². The molecule has 2 aromatic heterocycles. The summed E-state index contributed by atoms with van der Waals surface area (Å²) in [6.45, 7) is 0.611. The molecule has 1 aliphatic rings. The zero-order valence-corrected chi connectivity index (χ0v) is 15.0. The number of fused-ring (bicyclic) bond motifs is 2. The first-order valence-corrected chi connectivity index (χ1v) is 8.52. The number of benzene rings is 1. The third-order valence-corrected chi connectivity index (χ3v) is 4.49. The van der Waals surface area contributed by atoms with E-state index in [1.165, 1.54) is 26.7 Å².